The van der Waals surface area contributed by atoms with Crippen molar-refractivity contribution in [2.45, 2.75) is 59.9 Å². The Balaban J connectivity index is 2.72. The first-order valence-electron chi connectivity index (χ1n) is 7.80. The van der Waals surface area contributed by atoms with E-state index in [4.69, 9.17) is 0 Å². The van der Waals surface area contributed by atoms with Crippen molar-refractivity contribution in [2.75, 3.05) is 13.1 Å². The van der Waals surface area contributed by atoms with E-state index in [2.05, 4.69) is 31.7 Å². The Morgan fingerprint density at radius 3 is 2.50 bits per heavy atom. The molecule has 0 aliphatic rings. The summed E-state index contributed by atoms with van der Waals surface area (Å²) in [7, 11) is 0. The van der Waals surface area contributed by atoms with Gasteiger partial charge in [-0.15, -0.1) is 0 Å². The first-order chi connectivity index (χ1) is 9.45. The molecule has 1 aromatic carbocycles. The van der Waals surface area contributed by atoms with Crippen molar-refractivity contribution in [3.8, 4) is 0 Å². The average molecular weight is 275 g/mol. The Morgan fingerprint density at radius 1 is 1.20 bits per heavy atom. The molecule has 0 fully saturated rings. The second-order valence-electron chi connectivity index (χ2n) is 6.01. The summed E-state index contributed by atoms with van der Waals surface area (Å²) >= 11 is 0. The van der Waals surface area contributed by atoms with E-state index in [0.717, 1.165) is 23.2 Å². The van der Waals surface area contributed by atoms with Gasteiger partial charge in [0.05, 0.1) is 6.54 Å². The lowest BCUT2D eigenvalue weighted by molar-refractivity contribution is 0.0903. The third-order valence-electron chi connectivity index (χ3n) is 3.82. The number of carbonyl (C=O) groups excluding carboxylic acids is 1. The van der Waals surface area contributed by atoms with E-state index in [1.807, 2.05) is 26.0 Å². The zero-order valence-corrected chi connectivity index (χ0v) is 13.7. The van der Waals surface area contributed by atoms with E-state index in [1.54, 1.807) is 0 Å². The standard InChI is InChI=1S/C18H29NO/c1-6-7-8-11-19(14(2)3)13-18(20)17-12-15(4)9-10-16(17)5/h9-10,12,14H,6-8,11,13H2,1-5H3. The highest BCUT2D eigenvalue weighted by Crippen LogP contribution is 2.13. The van der Waals surface area contributed by atoms with Crippen molar-refractivity contribution in [3.63, 3.8) is 0 Å². The molecule has 0 aromatic heterocycles. The van der Waals surface area contributed by atoms with Crippen molar-refractivity contribution in [1.29, 1.82) is 0 Å². The molecular formula is C18H29NO. The largest absolute Gasteiger partial charge is 0.293 e. The highest BCUT2D eigenvalue weighted by molar-refractivity contribution is 5.99. The van der Waals surface area contributed by atoms with Crippen LogP contribution in [0.4, 0.5) is 0 Å². The first-order valence-corrected chi connectivity index (χ1v) is 7.80. The Kier molecular flexibility index (Phi) is 6.94. The van der Waals surface area contributed by atoms with Crippen molar-refractivity contribution in [1.82, 2.24) is 4.90 Å². The molecule has 0 spiro atoms. The Labute approximate surface area is 124 Å². The van der Waals surface area contributed by atoms with Crippen LogP contribution in [-0.4, -0.2) is 29.8 Å². The van der Waals surface area contributed by atoms with Gasteiger partial charge in [-0.25, -0.2) is 0 Å². The van der Waals surface area contributed by atoms with Gasteiger partial charge in [-0.3, -0.25) is 9.69 Å². The van der Waals surface area contributed by atoms with Crippen LogP contribution in [0.1, 0.15) is 61.5 Å². The lowest BCUT2D eigenvalue weighted by Crippen LogP contribution is -2.36. The highest BCUT2D eigenvalue weighted by atomic mass is 16.1. The Hall–Kier alpha value is -1.15. The zero-order valence-electron chi connectivity index (χ0n) is 13.7. The van der Waals surface area contributed by atoms with Crippen LogP contribution in [0.25, 0.3) is 0 Å². The van der Waals surface area contributed by atoms with Gasteiger partial charge in [0, 0.05) is 11.6 Å². The second kappa shape index (κ2) is 8.21. The lowest BCUT2D eigenvalue weighted by Gasteiger charge is -2.26. The quantitative estimate of drug-likeness (QED) is 0.518. The third kappa shape index (κ3) is 5.09. The van der Waals surface area contributed by atoms with Crippen LogP contribution >= 0.6 is 0 Å². The van der Waals surface area contributed by atoms with E-state index < -0.39 is 0 Å². The maximum atomic E-state index is 12.5. The average Bonchev–Trinajstić information content (AvgIpc) is 2.40. The number of unbranched alkanes of at least 4 members (excludes halogenated alkanes) is 2. The molecule has 0 N–H and O–H groups in total. The topological polar surface area (TPSA) is 20.3 Å². The smallest absolute Gasteiger partial charge is 0.177 e. The predicted octanol–water partition coefficient (Wildman–Crippen LogP) is 4.39. The summed E-state index contributed by atoms with van der Waals surface area (Å²) in [5, 5.41) is 0. The van der Waals surface area contributed by atoms with E-state index in [0.29, 0.717) is 12.6 Å². The fraction of sp³-hybridized carbons (Fsp3) is 0.611. The summed E-state index contributed by atoms with van der Waals surface area (Å²) < 4.78 is 0. The highest BCUT2D eigenvalue weighted by Gasteiger charge is 2.16. The molecule has 1 aromatic rings. The monoisotopic (exact) mass is 275 g/mol. The zero-order chi connectivity index (χ0) is 15.1. The predicted molar refractivity (Wildman–Crippen MR) is 86.5 cm³/mol. The number of hydrogen-bond donors (Lipinski definition) is 0. The van der Waals surface area contributed by atoms with Crippen LogP contribution in [-0.2, 0) is 0 Å². The summed E-state index contributed by atoms with van der Waals surface area (Å²) in [6, 6.07) is 6.54. The van der Waals surface area contributed by atoms with Crippen LogP contribution in [0.2, 0.25) is 0 Å². The Bertz CT molecular complexity index is 437. The number of ketones is 1. The van der Waals surface area contributed by atoms with E-state index in [9.17, 15) is 4.79 Å². The van der Waals surface area contributed by atoms with Gasteiger partial charge in [0.25, 0.3) is 0 Å². The van der Waals surface area contributed by atoms with Crippen molar-refractivity contribution in [2.24, 2.45) is 0 Å². The number of hydrogen-bond acceptors (Lipinski definition) is 2. The first kappa shape index (κ1) is 16.9. The number of rotatable bonds is 8. The van der Waals surface area contributed by atoms with Gasteiger partial charge in [-0.05, 0) is 52.3 Å². The van der Waals surface area contributed by atoms with Gasteiger partial charge in [0.2, 0.25) is 0 Å². The second-order valence-corrected chi connectivity index (χ2v) is 6.01. The van der Waals surface area contributed by atoms with Gasteiger partial charge >= 0.3 is 0 Å². The van der Waals surface area contributed by atoms with Crippen LogP contribution in [0.3, 0.4) is 0 Å². The van der Waals surface area contributed by atoms with Crippen molar-refractivity contribution in [3.05, 3.63) is 34.9 Å². The molecule has 112 valence electrons. The van der Waals surface area contributed by atoms with Crippen LogP contribution in [0.15, 0.2) is 18.2 Å². The maximum absolute atomic E-state index is 12.5. The van der Waals surface area contributed by atoms with Crippen LogP contribution in [0.5, 0.6) is 0 Å². The molecule has 0 saturated heterocycles. The molecular weight excluding hydrogens is 246 g/mol. The number of Topliss-reactive ketones (excluding diaryl/α,β-unsaturated/α-hetero) is 1. The molecule has 0 bridgehead atoms. The van der Waals surface area contributed by atoms with Gasteiger partial charge in [-0.2, -0.15) is 0 Å². The Morgan fingerprint density at radius 2 is 1.90 bits per heavy atom. The normalized spacial score (nSPS) is 11.3. The fourth-order valence-corrected chi connectivity index (χ4v) is 2.39. The van der Waals surface area contributed by atoms with Gasteiger partial charge in [0.1, 0.15) is 0 Å². The molecule has 0 aliphatic carbocycles. The minimum atomic E-state index is 0.247. The summed E-state index contributed by atoms with van der Waals surface area (Å²) in [6.45, 7) is 12.2. The molecule has 0 amide bonds. The minimum absolute atomic E-state index is 0.247. The third-order valence-corrected chi connectivity index (χ3v) is 3.82. The summed E-state index contributed by atoms with van der Waals surface area (Å²) in [5.41, 5.74) is 3.12. The van der Waals surface area contributed by atoms with Gasteiger partial charge in [0.15, 0.2) is 5.78 Å². The van der Waals surface area contributed by atoms with Crippen molar-refractivity contribution < 1.29 is 4.79 Å². The van der Waals surface area contributed by atoms with Gasteiger partial charge < -0.3 is 0 Å². The molecule has 0 aliphatic heterocycles. The molecule has 0 heterocycles. The summed E-state index contributed by atoms with van der Waals surface area (Å²) in [4.78, 5) is 14.8. The SMILES string of the molecule is CCCCCN(CC(=O)c1cc(C)ccc1C)C(C)C. The number of aryl methyl sites for hydroxylation is 2. The molecule has 0 saturated carbocycles. The molecule has 2 nitrogen and oxygen atoms in total. The van der Waals surface area contributed by atoms with Gasteiger partial charge in [-0.1, -0.05) is 37.5 Å². The summed E-state index contributed by atoms with van der Waals surface area (Å²) in [5.74, 6) is 0.247. The fourth-order valence-electron chi connectivity index (χ4n) is 2.39. The number of nitrogens with zero attached hydrogens (tertiary/aromatic N) is 1. The maximum Gasteiger partial charge on any atom is 0.177 e. The molecule has 0 radical (unpaired) electrons. The summed E-state index contributed by atoms with van der Waals surface area (Å²) in [6.07, 6.45) is 3.63. The number of benzene rings is 1. The lowest BCUT2D eigenvalue weighted by atomic mass is 10.0. The van der Waals surface area contributed by atoms with Crippen LogP contribution in [0, 0.1) is 13.8 Å². The van der Waals surface area contributed by atoms with Crippen LogP contribution < -0.4 is 0 Å². The minimum Gasteiger partial charge on any atom is -0.293 e. The molecule has 0 unspecified atom stereocenters. The molecule has 1 rings (SSSR count). The molecule has 2 heteroatoms. The van der Waals surface area contributed by atoms with Crippen molar-refractivity contribution >= 4 is 5.78 Å². The van der Waals surface area contributed by atoms with E-state index in [1.165, 1.54) is 19.3 Å². The van der Waals surface area contributed by atoms with E-state index >= 15 is 0 Å². The molecule has 20 heavy (non-hydrogen) atoms. The number of carbonyl (C=O) groups is 1. The van der Waals surface area contributed by atoms with E-state index in [-0.39, 0.29) is 5.78 Å². The molecule has 0 atom stereocenters.